The van der Waals surface area contributed by atoms with Crippen LogP contribution in [0.1, 0.15) is 30.7 Å². The lowest BCUT2D eigenvalue weighted by Gasteiger charge is -2.31. The molecule has 0 saturated heterocycles. The summed E-state index contributed by atoms with van der Waals surface area (Å²) >= 11 is 5.76. The molecule has 1 atom stereocenters. The molecule has 1 aromatic heterocycles. The number of carbonyl (C=O) groups excluding carboxylic acids is 1. The predicted molar refractivity (Wildman–Crippen MR) is 101 cm³/mol. The van der Waals surface area contributed by atoms with Crippen LogP contribution in [0.15, 0.2) is 34.7 Å². The third-order valence-electron chi connectivity index (χ3n) is 5.19. The smallest absolute Gasteiger partial charge is 0.306 e. The van der Waals surface area contributed by atoms with Crippen LogP contribution in [0, 0.1) is 11.8 Å². The normalized spacial score (nSPS) is 17.5. The molecule has 1 saturated carbocycles. The van der Waals surface area contributed by atoms with Crippen LogP contribution in [0.4, 0.5) is 0 Å². The number of aromatic nitrogens is 1. The second kappa shape index (κ2) is 7.19. The van der Waals surface area contributed by atoms with Crippen molar-refractivity contribution >= 4 is 23.2 Å². The van der Waals surface area contributed by atoms with Crippen molar-refractivity contribution in [2.24, 2.45) is 11.8 Å². The quantitative estimate of drug-likeness (QED) is 0.592. The first-order valence-electron chi connectivity index (χ1n) is 9.05. The molecule has 2 aromatic rings. The first-order chi connectivity index (χ1) is 12.7. The van der Waals surface area contributed by atoms with Crippen molar-refractivity contribution in [3.63, 3.8) is 0 Å². The summed E-state index contributed by atoms with van der Waals surface area (Å²) in [6.45, 7) is 1.44. The predicted octanol–water partition coefficient (Wildman–Crippen LogP) is 3.62. The Hall–Kier alpha value is -2.21. The van der Waals surface area contributed by atoms with Crippen LogP contribution < -0.4 is 0 Å². The molecule has 1 fully saturated rings. The van der Waals surface area contributed by atoms with E-state index in [4.69, 9.17) is 21.4 Å². The summed E-state index contributed by atoms with van der Waals surface area (Å²) in [7, 11) is 1.43. The Morgan fingerprint density at radius 1 is 1.38 bits per heavy atom. The lowest BCUT2D eigenvalue weighted by atomic mass is 9.97. The van der Waals surface area contributed by atoms with E-state index in [-0.39, 0.29) is 11.9 Å². The molecular formula is C20H22N2O3S. The third kappa shape index (κ3) is 3.51. The Balaban J connectivity index is 1.50. The molecule has 1 unspecified atom stereocenters. The fourth-order valence-corrected chi connectivity index (χ4v) is 3.97. The molecule has 2 aliphatic rings. The van der Waals surface area contributed by atoms with E-state index < -0.39 is 0 Å². The summed E-state index contributed by atoms with van der Waals surface area (Å²) in [5, 5.41) is 0. The maximum absolute atomic E-state index is 11.8. The number of carbonyl (C=O) groups is 1. The van der Waals surface area contributed by atoms with Gasteiger partial charge in [-0.15, -0.1) is 0 Å². The van der Waals surface area contributed by atoms with Crippen LogP contribution in [0.2, 0.25) is 0 Å². The molecule has 26 heavy (non-hydrogen) atoms. The van der Waals surface area contributed by atoms with Crippen LogP contribution in [-0.4, -0.2) is 34.5 Å². The van der Waals surface area contributed by atoms with Crippen LogP contribution in [0.5, 0.6) is 0 Å². The van der Waals surface area contributed by atoms with E-state index in [0.29, 0.717) is 24.8 Å². The Morgan fingerprint density at radius 2 is 2.15 bits per heavy atom. The van der Waals surface area contributed by atoms with Crippen molar-refractivity contribution in [3.8, 4) is 11.5 Å². The Labute approximate surface area is 158 Å². The first-order valence-corrected chi connectivity index (χ1v) is 9.46. The molecule has 4 rings (SSSR count). The molecule has 1 aromatic carbocycles. The number of fused-ring (bicyclic) bond motifs is 1. The summed E-state index contributed by atoms with van der Waals surface area (Å²) in [6.07, 6.45) is 3.46. The van der Waals surface area contributed by atoms with E-state index in [0.717, 1.165) is 47.8 Å². The average molecular weight is 370 g/mol. The number of thiocarbonyl (C=S) groups is 1. The van der Waals surface area contributed by atoms with E-state index in [9.17, 15) is 4.79 Å². The third-order valence-corrected chi connectivity index (χ3v) is 5.75. The van der Waals surface area contributed by atoms with Gasteiger partial charge in [0.2, 0.25) is 5.89 Å². The molecule has 2 heterocycles. The maximum Gasteiger partial charge on any atom is 0.306 e. The van der Waals surface area contributed by atoms with Gasteiger partial charge in [-0.2, -0.15) is 0 Å². The van der Waals surface area contributed by atoms with Gasteiger partial charge in [-0.3, -0.25) is 4.79 Å². The monoisotopic (exact) mass is 370 g/mol. The number of nitrogens with zero attached hydrogens (tertiary/aromatic N) is 2. The van der Waals surface area contributed by atoms with Gasteiger partial charge in [-0.05, 0) is 30.9 Å². The molecule has 0 radical (unpaired) electrons. The number of methoxy groups -OCH3 is 1. The summed E-state index contributed by atoms with van der Waals surface area (Å²) in [5.41, 5.74) is 2.00. The summed E-state index contributed by atoms with van der Waals surface area (Å²) in [5.74, 6) is 1.96. The summed E-state index contributed by atoms with van der Waals surface area (Å²) in [4.78, 5) is 19.5. The molecule has 5 nitrogen and oxygen atoms in total. The van der Waals surface area contributed by atoms with Gasteiger partial charge in [0.1, 0.15) is 5.76 Å². The largest absolute Gasteiger partial charge is 0.469 e. The number of benzene rings is 1. The Morgan fingerprint density at radius 3 is 2.85 bits per heavy atom. The van der Waals surface area contributed by atoms with Gasteiger partial charge >= 0.3 is 5.97 Å². The zero-order valence-corrected chi connectivity index (χ0v) is 15.6. The topological polar surface area (TPSA) is 55.6 Å². The highest BCUT2D eigenvalue weighted by Gasteiger charge is 2.38. The van der Waals surface area contributed by atoms with Gasteiger partial charge in [0.25, 0.3) is 0 Å². The highest BCUT2D eigenvalue weighted by molar-refractivity contribution is 7.80. The van der Waals surface area contributed by atoms with Crippen LogP contribution in [0.3, 0.4) is 0 Å². The second-order valence-corrected chi connectivity index (χ2v) is 7.41. The van der Waals surface area contributed by atoms with Gasteiger partial charge in [0, 0.05) is 24.4 Å². The van der Waals surface area contributed by atoms with E-state index in [1.54, 1.807) is 0 Å². The molecule has 1 aliphatic heterocycles. The van der Waals surface area contributed by atoms with E-state index in [1.807, 2.05) is 30.3 Å². The SMILES string of the molecule is COC(=O)CC(C(=S)N1CCc2nc(-c3ccccc3)oc2C1)C1CC1. The fraction of sp³-hybridized carbons (Fsp3) is 0.450. The van der Waals surface area contributed by atoms with Gasteiger partial charge in [-0.25, -0.2) is 4.98 Å². The van der Waals surface area contributed by atoms with Gasteiger partial charge in [-0.1, -0.05) is 30.4 Å². The highest BCUT2D eigenvalue weighted by Crippen LogP contribution is 2.41. The first kappa shape index (κ1) is 17.2. The Kier molecular flexibility index (Phi) is 4.76. The van der Waals surface area contributed by atoms with Crippen LogP contribution in [0.25, 0.3) is 11.5 Å². The number of rotatable bonds is 5. The molecule has 0 N–H and O–H groups in total. The number of ether oxygens (including phenoxy) is 1. The minimum Gasteiger partial charge on any atom is -0.469 e. The zero-order chi connectivity index (χ0) is 18.1. The van der Waals surface area contributed by atoms with Gasteiger partial charge in [0.05, 0.1) is 30.8 Å². The van der Waals surface area contributed by atoms with Gasteiger partial charge in [0.15, 0.2) is 0 Å². The average Bonchev–Trinajstić information content (AvgIpc) is 3.43. The lowest BCUT2D eigenvalue weighted by Crippen LogP contribution is -2.39. The second-order valence-electron chi connectivity index (χ2n) is 6.99. The molecule has 0 amide bonds. The molecule has 0 spiro atoms. The molecular weight excluding hydrogens is 348 g/mol. The van der Waals surface area contributed by atoms with Crippen molar-refractivity contribution in [3.05, 3.63) is 41.8 Å². The van der Waals surface area contributed by atoms with Crippen molar-refractivity contribution in [1.82, 2.24) is 9.88 Å². The summed E-state index contributed by atoms with van der Waals surface area (Å²) < 4.78 is 10.9. The zero-order valence-electron chi connectivity index (χ0n) is 14.8. The van der Waals surface area contributed by atoms with E-state index in [2.05, 4.69) is 9.88 Å². The van der Waals surface area contributed by atoms with Crippen LogP contribution >= 0.6 is 12.2 Å². The number of hydrogen-bond acceptors (Lipinski definition) is 5. The molecule has 6 heteroatoms. The number of oxazole rings is 1. The molecule has 1 aliphatic carbocycles. The maximum atomic E-state index is 11.8. The Bertz CT molecular complexity index is 814. The summed E-state index contributed by atoms with van der Waals surface area (Å²) in [6, 6.07) is 9.93. The van der Waals surface area contributed by atoms with E-state index in [1.165, 1.54) is 7.11 Å². The van der Waals surface area contributed by atoms with Crippen molar-refractivity contribution < 1.29 is 13.9 Å². The highest BCUT2D eigenvalue weighted by atomic mass is 32.1. The minimum atomic E-state index is -0.187. The lowest BCUT2D eigenvalue weighted by molar-refractivity contribution is -0.141. The van der Waals surface area contributed by atoms with Crippen molar-refractivity contribution in [2.45, 2.75) is 32.2 Å². The van der Waals surface area contributed by atoms with Crippen LogP contribution in [-0.2, 0) is 22.5 Å². The number of hydrogen-bond donors (Lipinski definition) is 0. The standard InChI is InChI=1S/C20H22N2O3S/c1-24-18(23)11-15(13-7-8-13)20(26)22-10-9-16-17(12-22)25-19(21-16)14-5-3-2-4-6-14/h2-6,13,15H,7-12H2,1H3. The van der Waals surface area contributed by atoms with E-state index >= 15 is 0 Å². The minimum absolute atomic E-state index is 0.0931. The number of esters is 1. The van der Waals surface area contributed by atoms with Crippen molar-refractivity contribution in [1.29, 1.82) is 0 Å². The van der Waals surface area contributed by atoms with Gasteiger partial charge < -0.3 is 14.1 Å². The fourth-order valence-electron chi connectivity index (χ4n) is 3.54. The molecule has 0 bridgehead atoms. The molecule has 136 valence electrons. The van der Waals surface area contributed by atoms with Crippen molar-refractivity contribution in [2.75, 3.05) is 13.7 Å².